The first-order chi connectivity index (χ1) is 7.09. The predicted octanol–water partition coefficient (Wildman–Crippen LogP) is 1.14. The molecule has 5 heteroatoms. The Balaban J connectivity index is 2.37. The van der Waals surface area contributed by atoms with Gasteiger partial charge in [-0.2, -0.15) is 0 Å². The van der Waals surface area contributed by atoms with E-state index in [0.717, 1.165) is 16.9 Å². The minimum absolute atomic E-state index is 0.437. The summed E-state index contributed by atoms with van der Waals surface area (Å²) >= 11 is 0. The molecule has 1 aliphatic heterocycles. The molecule has 0 bridgehead atoms. The van der Waals surface area contributed by atoms with Crippen LogP contribution in [0.25, 0.3) is 0 Å². The van der Waals surface area contributed by atoms with Crippen LogP contribution < -0.4 is 4.90 Å². The number of anilines is 1. The van der Waals surface area contributed by atoms with Crippen LogP contribution in [0.4, 0.5) is 10.6 Å². The van der Waals surface area contributed by atoms with E-state index in [1.807, 2.05) is 25.1 Å². The van der Waals surface area contributed by atoms with Gasteiger partial charge in [0.15, 0.2) is 0 Å². The Hall–Kier alpha value is -1.78. The van der Waals surface area contributed by atoms with Crippen LogP contribution in [0, 0.1) is 0 Å². The monoisotopic (exact) mass is 207 g/mol. The Morgan fingerprint density at radius 2 is 2.27 bits per heavy atom. The molecule has 0 saturated carbocycles. The van der Waals surface area contributed by atoms with Crippen LogP contribution in [0.2, 0.25) is 0 Å². The molecule has 1 aromatic rings. The molecule has 80 valence electrons. The summed E-state index contributed by atoms with van der Waals surface area (Å²) in [6.45, 7) is 0.903. The number of aromatic nitrogens is 1. The van der Waals surface area contributed by atoms with E-state index in [9.17, 15) is 4.79 Å². The molecule has 1 aromatic heterocycles. The van der Waals surface area contributed by atoms with E-state index < -0.39 is 6.09 Å². The SMILES string of the molecule is CN(C)c1nccc2c1CN(C(=O)O)C2. The molecule has 0 aliphatic carbocycles. The maximum atomic E-state index is 10.8. The summed E-state index contributed by atoms with van der Waals surface area (Å²) in [5.41, 5.74) is 2.07. The summed E-state index contributed by atoms with van der Waals surface area (Å²) in [7, 11) is 3.82. The minimum atomic E-state index is -0.879. The highest BCUT2D eigenvalue weighted by Crippen LogP contribution is 2.28. The van der Waals surface area contributed by atoms with Gasteiger partial charge < -0.3 is 10.0 Å². The normalized spacial score (nSPS) is 13.9. The second-order valence-corrected chi connectivity index (χ2v) is 3.81. The fourth-order valence-corrected chi connectivity index (χ4v) is 1.81. The van der Waals surface area contributed by atoms with Crippen LogP contribution >= 0.6 is 0 Å². The molecule has 2 rings (SSSR count). The van der Waals surface area contributed by atoms with E-state index in [1.165, 1.54) is 4.90 Å². The predicted molar refractivity (Wildman–Crippen MR) is 55.8 cm³/mol. The van der Waals surface area contributed by atoms with Gasteiger partial charge in [-0.15, -0.1) is 0 Å². The van der Waals surface area contributed by atoms with Gasteiger partial charge in [0.05, 0.1) is 6.54 Å². The van der Waals surface area contributed by atoms with Crippen LogP contribution in [0.5, 0.6) is 0 Å². The number of amides is 1. The zero-order valence-electron chi connectivity index (χ0n) is 8.77. The van der Waals surface area contributed by atoms with Crippen LogP contribution in [-0.4, -0.2) is 35.2 Å². The van der Waals surface area contributed by atoms with Gasteiger partial charge in [-0.3, -0.25) is 4.90 Å². The van der Waals surface area contributed by atoms with Gasteiger partial charge in [0.25, 0.3) is 0 Å². The molecule has 0 aromatic carbocycles. The highest BCUT2D eigenvalue weighted by molar-refractivity contribution is 5.67. The smallest absolute Gasteiger partial charge is 0.407 e. The number of fused-ring (bicyclic) bond motifs is 1. The molecule has 5 nitrogen and oxygen atoms in total. The summed E-state index contributed by atoms with van der Waals surface area (Å²) in [5, 5.41) is 8.91. The Labute approximate surface area is 87.9 Å². The van der Waals surface area contributed by atoms with Crippen LogP contribution in [0.3, 0.4) is 0 Å². The summed E-state index contributed by atoms with van der Waals surface area (Å²) in [4.78, 5) is 18.4. The first kappa shape index (κ1) is 9.76. The molecule has 0 fully saturated rings. The van der Waals surface area contributed by atoms with Crippen LogP contribution in [0.1, 0.15) is 11.1 Å². The maximum absolute atomic E-state index is 10.8. The lowest BCUT2D eigenvalue weighted by molar-refractivity contribution is 0.145. The van der Waals surface area contributed by atoms with Gasteiger partial charge in [-0.1, -0.05) is 0 Å². The summed E-state index contributed by atoms with van der Waals surface area (Å²) in [5.74, 6) is 0.858. The Morgan fingerprint density at radius 1 is 1.53 bits per heavy atom. The van der Waals surface area contributed by atoms with Crippen LogP contribution in [-0.2, 0) is 13.1 Å². The molecule has 15 heavy (non-hydrogen) atoms. The van der Waals surface area contributed by atoms with Gasteiger partial charge in [-0.05, 0) is 11.6 Å². The molecule has 0 spiro atoms. The number of rotatable bonds is 1. The molecule has 0 radical (unpaired) electrons. The largest absolute Gasteiger partial charge is 0.465 e. The van der Waals surface area contributed by atoms with E-state index in [2.05, 4.69) is 4.98 Å². The second-order valence-electron chi connectivity index (χ2n) is 3.81. The number of hydrogen-bond donors (Lipinski definition) is 1. The molecule has 2 heterocycles. The van der Waals surface area contributed by atoms with Crippen molar-refractivity contribution in [1.29, 1.82) is 0 Å². The van der Waals surface area contributed by atoms with Crippen molar-refractivity contribution in [3.63, 3.8) is 0 Å². The van der Waals surface area contributed by atoms with E-state index >= 15 is 0 Å². The zero-order chi connectivity index (χ0) is 11.0. The average Bonchev–Trinajstić information content (AvgIpc) is 2.60. The van der Waals surface area contributed by atoms with E-state index in [1.54, 1.807) is 6.20 Å². The first-order valence-corrected chi connectivity index (χ1v) is 4.71. The maximum Gasteiger partial charge on any atom is 0.407 e. The molecule has 1 amide bonds. The van der Waals surface area contributed by atoms with Gasteiger partial charge >= 0.3 is 6.09 Å². The van der Waals surface area contributed by atoms with Crippen molar-refractivity contribution in [3.8, 4) is 0 Å². The third kappa shape index (κ3) is 1.60. The third-order valence-electron chi connectivity index (χ3n) is 2.53. The van der Waals surface area contributed by atoms with Gasteiger partial charge in [0, 0.05) is 32.4 Å². The van der Waals surface area contributed by atoms with Crippen molar-refractivity contribution in [3.05, 3.63) is 23.4 Å². The zero-order valence-corrected chi connectivity index (χ0v) is 8.77. The first-order valence-electron chi connectivity index (χ1n) is 4.71. The molecular formula is C10H13N3O2. The van der Waals surface area contributed by atoms with Crippen molar-refractivity contribution in [2.75, 3.05) is 19.0 Å². The number of nitrogens with zero attached hydrogens (tertiary/aromatic N) is 3. The summed E-state index contributed by atoms with van der Waals surface area (Å²) in [6, 6.07) is 1.88. The number of carboxylic acid groups (broad SMARTS) is 1. The summed E-state index contributed by atoms with van der Waals surface area (Å²) in [6.07, 6.45) is 0.843. The van der Waals surface area contributed by atoms with Crippen molar-refractivity contribution in [1.82, 2.24) is 9.88 Å². The van der Waals surface area contributed by atoms with Crippen molar-refractivity contribution < 1.29 is 9.90 Å². The van der Waals surface area contributed by atoms with Gasteiger partial charge in [0.1, 0.15) is 5.82 Å². The fraction of sp³-hybridized carbons (Fsp3) is 0.400. The number of hydrogen-bond acceptors (Lipinski definition) is 3. The van der Waals surface area contributed by atoms with Crippen molar-refractivity contribution >= 4 is 11.9 Å². The quantitative estimate of drug-likeness (QED) is 0.750. The molecule has 0 saturated heterocycles. The molecular weight excluding hydrogens is 194 g/mol. The van der Waals surface area contributed by atoms with E-state index in [4.69, 9.17) is 5.11 Å². The van der Waals surface area contributed by atoms with E-state index in [-0.39, 0.29) is 0 Å². The van der Waals surface area contributed by atoms with Gasteiger partial charge in [-0.25, -0.2) is 9.78 Å². The number of pyridine rings is 1. The molecule has 0 atom stereocenters. The minimum Gasteiger partial charge on any atom is -0.465 e. The fourth-order valence-electron chi connectivity index (χ4n) is 1.81. The van der Waals surface area contributed by atoms with Crippen molar-refractivity contribution in [2.24, 2.45) is 0 Å². The lowest BCUT2D eigenvalue weighted by Crippen LogP contribution is -2.23. The topological polar surface area (TPSA) is 56.7 Å². The van der Waals surface area contributed by atoms with Gasteiger partial charge in [0.2, 0.25) is 0 Å². The average molecular weight is 207 g/mol. The van der Waals surface area contributed by atoms with E-state index in [0.29, 0.717) is 13.1 Å². The standard InChI is InChI=1S/C10H13N3O2/c1-12(2)9-8-6-13(10(14)15)5-7(8)3-4-11-9/h3-4H,5-6H2,1-2H3,(H,14,15). The lowest BCUT2D eigenvalue weighted by atomic mass is 10.1. The molecule has 0 unspecified atom stereocenters. The Kier molecular flexibility index (Phi) is 2.22. The van der Waals surface area contributed by atoms with Crippen molar-refractivity contribution in [2.45, 2.75) is 13.1 Å². The Bertz CT molecular complexity index is 404. The molecule has 1 N–H and O–H groups in total. The molecule has 1 aliphatic rings. The Morgan fingerprint density at radius 3 is 2.87 bits per heavy atom. The third-order valence-corrected chi connectivity index (χ3v) is 2.53. The highest BCUT2D eigenvalue weighted by Gasteiger charge is 2.25. The lowest BCUT2D eigenvalue weighted by Gasteiger charge is -2.15. The highest BCUT2D eigenvalue weighted by atomic mass is 16.4. The number of carbonyl (C=O) groups is 1. The second kappa shape index (κ2) is 3.42. The summed E-state index contributed by atoms with van der Waals surface area (Å²) < 4.78 is 0. The van der Waals surface area contributed by atoms with Crippen LogP contribution in [0.15, 0.2) is 12.3 Å².